The highest BCUT2D eigenvalue weighted by molar-refractivity contribution is 5.89. The molecular formula is C26H30N4O. The summed E-state index contributed by atoms with van der Waals surface area (Å²) in [6, 6.07) is 18.6. The summed E-state index contributed by atoms with van der Waals surface area (Å²) >= 11 is 0. The Morgan fingerprint density at radius 1 is 1.06 bits per heavy atom. The first-order valence-corrected chi connectivity index (χ1v) is 11.5. The lowest BCUT2D eigenvalue weighted by atomic mass is 10.0. The highest BCUT2D eigenvalue weighted by atomic mass is 16.2. The van der Waals surface area contributed by atoms with E-state index in [1.807, 2.05) is 24.3 Å². The summed E-state index contributed by atoms with van der Waals surface area (Å²) in [7, 11) is 0. The third kappa shape index (κ3) is 4.01. The van der Waals surface area contributed by atoms with Crippen molar-refractivity contribution in [3.8, 4) is 0 Å². The number of hydrogen-bond donors (Lipinski definition) is 1. The molecule has 0 aliphatic heterocycles. The molecule has 160 valence electrons. The number of anilines is 1. The molecule has 2 aromatic carbocycles. The van der Waals surface area contributed by atoms with E-state index in [4.69, 9.17) is 9.97 Å². The van der Waals surface area contributed by atoms with Crippen molar-refractivity contribution in [2.45, 2.75) is 52.1 Å². The third-order valence-electron chi connectivity index (χ3n) is 7.05. The van der Waals surface area contributed by atoms with Crippen LogP contribution in [0.3, 0.4) is 0 Å². The number of nitrogens with zero attached hydrogens (tertiary/aromatic N) is 3. The molecular weight excluding hydrogens is 384 g/mol. The van der Waals surface area contributed by atoms with E-state index in [0.29, 0.717) is 17.8 Å². The molecule has 0 bridgehead atoms. The Balaban J connectivity index is 1.37. The van der Waals surface area contributed by atoms with Crippen molar-refractivity contribution in [3.63, 3.8) is 0 Å². The minimum Gasteiger partial charge on any atom is -0.352 e. The maximum Gasteiger partial charge on any atom is 0.224 e. The molecule has 5 nitrogen and oxygen atoms in total. The maximum absolute atomic E-state index is 12.7. The van der Waals surface area contributed by atoms with Gasteiger partial charge in [-0.15, -0.1) is 0 Å². The first kappa shape index (κ1) is 20.0. The van der Waals surface area contributed by atoms with Crippen LogP contribution >= 0.6 is 0 Å². The number of hydrogen-bond acceptors (Lipinski definition) is 4. The minimum atomic E-state index is 0.178. The SMILES string of the molecule is CCN(Cc1ccccc1)c1nc(CNC(=O)[C@H]2CC23CCCC3)nc2ccccc12. The van der Waals surface area contributed by atoms with Gasteiger partial charge in [0.05, 0.1) is 12.1 Å². The van der Waals surface area contributed by atoms with Crippen LogP contribution in [0.2, 0.25) is 0 Å². The van der Waals surface area contributed by atoms with Gasteiger partial charge in [0.2, 0.25) is 5.91 Å². The van der Waals surface area contributed by atoms with Crippen molar-refractivity contribution >= 4 is 22.6 Å². The van der Waals surface area contributed by atoms with Crippen LogP contribution in [-0.2, 0) is 17.9 Å². The number of nitrogens with one attached hydrogen (secondary N) is 1. The van der Waals surface area contributed by atoms with E-state index in [9.17, 15) is 4.79 Å². The van der Waals surface area contributed by atoms with Crippen LogP contribution < -0.4 is 10.2 Å². The molecule has 1 atom stereocenters. The Labute approximate surface area is 183 Å². The smallest absolute Gasteiger partial charge is 0.224 e. The van der Waals surface area contributed by atoms with Gasteiger partial charge in [0.15, 0.2) is 5.82 Å². The van der Waals surface area contributed by atoms with Gasteiger partial charge in [-0.2, -0.15) is 0 Å². The second-order valence-corrected chi connectivity index (χ2v) is 9.02. The number of rotatable bonds is 7. The first-order chi connectivity index (χ1) is 15.2. The minimum absolute atomic E-state index is 0.178. The van der Waals surface area contributed by atoms with Gasteiger partial charge in [-0.05, 0) is 49.3 Å². The van der Waals surface area contributed by atoms with E-state index < -0.39 is 0 Å². The number of benzene rings is 2. The molecule has 5 heteroatoms. The van der Waals surface area contributed by atoms with E-state index in [2.05, 4.69) is 47.5 Å². The average Bonchev–Trinajstić information content (AvgIpc) is 3.32. The molecule has 2 aliphatic carbocycles. The van der Waals surface area contributed by atoms with E-state index >= 15 is 0 Å². The van der Waals surface area contributed by atoms with Crippen LogP contribution in [-0.4, -0.2) is 22.4 Å². The Kier molecular flexibility index (Phi) is 5.34. The standard InChI is InChI=1S/C26H30N4O/c1-2-30(18-19-10-4-3-5-11-19)24-20-12-6-7-13-22(20)28-23(29-24)17-27-25(31)21-16-26(21)14-8-9-15-26/h3-7,10-13,21H,2,8-9,14-18H2,1H3,(H,27,31)/t21-/m1/s1. The summed E-state index contributed by atoms with van der Waals surface area (Å²) in [6.45, 7) is 4.16. The van der Waals surface area contributed by atoms with Crippen molar-refractivity contribution in [2.75, 3.05) is 11.4 Å². The van der Waals surface area contributed by atoms with Crippen LogP contribution in [0.15, 0.2) is 54.6 Å². The monoisotopic (exact) mass is 414 g/mol. The molecule has 1 spiro atoms. The molecule has 31 heavy (non-hydrogen) atoms. The van der Waals surface area contributed by atoms with Gasteiger partial charge in [-0.25, -0.2) is 9.97 Å². The molecule has 1 heterocycles. The molecule has 1 aromatic heterocycles. The Bertz CT molecular complexity index is 1080. The van der Waals surface area contributed by atoms with Gasteiger partial charge in [0.25, 0.3) is 0 Å². The van der Waals surface area contributed by atoms with Gasteiger partial charge < -0.3 is 10.2 Å². The highest BCUT2D eigenvalue weighted by Gasteiger charge is 2.58. The van der Waals surface area contributed by atoms with E-state index in [1.54, 1.807) is 0 Å². The van der Waals surface area contributed by atoms with Crippen LogP contribution in [0, 0.1) is 11.3 Å². The Hall–Kier alpha value is -2.95. The number of amides is 1. The van der Waals surface area contributed by atoms with Crippen LogP contribution in [0.5, 0.6) is 0 Å². The molecule has 1 N–H and O–H groups in total. The van der Waals surface area contributed by atoms with Crippen LogP contribution in [0.4, 0.5) is 5.82 Å². The maximum atomic E-state index is 12.7. The normalized spacial score (nSPS) is 18.9. The van der Waals surface area contributed by atoms with Gasteiger partial charge in [0, 0.05) is 24.4 Å². The van der Waals surface area contributed by atoms with Crippen LogP contribution in [0.1, 0.15) is 50.4 Å². The van der Waals surface area contributed by atoms with E-state index in [0.717, 1.165) is 36.2 Å². The fourth-order valence-electron chi connectivity index (χ4n) is 5.21. The van der Waals surface area contributed by atoms with Crippen LogP contribution in [0.25, 0.3) is 10.9 Å². The fourth-order valence-corrected chi connectivity index (χ4v) is 5.21. The molecule has 2 saturated carbocycles. The lowest BCUT2D eigenvalue weighted by molar-refractivity contribution is -0.123. The summed E-state index contributed by atoms with van der Waals surface area (Å²) in [5, 5.41) is 4.17. The van der Waals surface area contributed by atoms with Crippen molar-refractivity contribution < 1.29 is 4.79 Å². The second kappa shape index (κ2) is 8.29. The van der Waals surface area contributed by atoms with Crippen molar-refractivity contribution in [1.29, 1.82) is 0 Å². The zero-order chi connectivity index (χ0) is 21.3. The highest BCUT2D eigenvalue weighted by Crippen LogP contribution is 2.62. The van der Waals surface area contributed by atoms with Gasteiger partial charge in [-0.3, -0.25) is 4.79 Å². The first-order valence-electron chi connectivity index (χ1n) is 11.5. The molecule has 0 saturated heterocycles. The zero-order valence-electron chi connectivity index (χ0n) is 18.2. The fraction of sp³-hybridized carbons (Fsp3) is 0.423. The summed E-state index contributed by atoms with van der Waals surface area (Å²) in [5.41, 5.74) is 2.48. The summed E-state index contributed by atoms with van der Waals surface area (Å²) in [6.07, 6.45) is 6.03. The quantitative estimate of drug-likeness (QED) is 0.600. The number of aromatic nitrogens is 2. The van der Waals surface area contributed by atoms with E-state index in [1.165, 1.54) is 31.2 Å². The largest absolute Gasteiger partial charge is 0.352 e. The number of para-hydroxylation sites is 1. The number of carbonyl (C=O) groups excluding carboxylic acids is 1. The molecule has 3 aromatic rings. The molecule has 2 fully saturated rings. The molecule has 0 unspecified atom stereocenters. The topological polar surface area (TPSA) is 58.1 Å². The predicted octanol–water partition coefficient (Wildman–Crippen LogP) is 4.85. The molecule has 5 rings (SSSR count). The molecule has 2 aliphatic rings. The average molecular weight is 415 g/mol. The van der Waals surface area contributed by atoms with Gasteiger partial charge in [-0.1, -0.05) is 55.3 Å². The number of fused-ring (bicyclic) bond motifs is 1. The number of carbonyl (C=O) groups is 1. The summed E-state index contributed by atoms with van der Waals surface area (Å²) < 4.78 is 0. The van der Waals surface area contributed by atoms with Crippen molar-refractivity contribution in [1.82, 2.24) is 15.3 Å². The second-order valence-electron chi connectivity index (χ2n) is 9.02. The Morgan fingerprint density at radius 3 is 2.58 bits per heavy atom. The summed E-state index contributed by atoms with van der Waals surface area (Å²) in [4.78, 5) is 24.7. The lowest BCUT2D eigenvalue weighted by Gasteiger charge is -2.24. The molecule has 0 radical (unpaired) electrons. The van der Waals surface area contributed by atoms with Crippen molar-refractivity contribution in [2.24, 2.45) is 11.3 Å². The van der Waals surface area contributed by atoms with Crippen molar-refractivity contribution in [3.05, 3.63) is 66.0 Å². The van der Waals surface area contributed by atoms with Gasteiger partial charge in [0.1, 0.15) is 5.82 Å². The van der Waals surface area contributed by atoms with Gasteiger partial charge >= 0.3 is 0 Å². The lowest BCUT2D eigenvalue weighted by Crippen LogP contribution is -2.28. The molecule has 1 amide bonds. The van der Waals surface area contributed by atoms with E-state index in [-0.39, 0.29) is 11.8 Å². The predicted molar refractivity (Wildman–Crippen MR) is 124 cm³/mol. The zero-order valence-corrected chi connectivity index (χ0v) is 18.2. The third-order valence-corrected chi connectivity index (χ3v) is 7.05. The summed E-state index contributed by atoms with van der Waals surface area (Å²) in [5.74, 6) is 1.98. The Morgan fingerprint density at radius 2 is 1.81 bits per heavy atom.